The van der Waals surface area contributed by atoms with Gasteiger partial charge in [0.2, 0.25) is 5.95 Å². The number of aromatic nitrogens is 2. The largest absolute Gasteiger partial charge is 0.393 e. The van der Waals surface area contributed by atoms with Crippen molar-refractivity contribution in [2.45, 2.75) is 123 Å². The topological polar surface area (TPSA) is 99.6 Å². The third kappa shape index (κ3) is 8.67. The molecule has 2 saturated carbocycles. The normalized spacial score (nSPS) is 27.8. The van der Waals surface area contributed by atoms with Crippen LogP contribution in [0.1, 0.15) is 115 Å². The Hall–Kier alpha value is -1.77. The molecule has 4 rings (SSSR count). The van der Waals surface area contributed by atoms with Gasteiger partial charge in [-0.2, -0.15) is 0 Å². The highest BCUT2D eigenvalue weighted by molar-refractivity contribution is 5.95. The van der Waals surface area contributed by atoms with Crippen molar-refractivity contribution in [1.82, 2.24) is 20.2 Å². The van der Waals surface area contributed by atoms with Gasteiger partial charge >= 0.3 is 0 Å². The van der Waals surface area contributed by atoms with E-state index in [0.29, 0.717) is 17.4 Å². The number of rotatable bonds is 7. The highest BCUT2D eigenvalue weighted by Gasteiger charge is 2.27. The average Bonchev–Trinajstić information content (AvgIpc) is 3.33. The second kappa shape index (κ2) is 14.8. The Morgan fingerprint density at radius 3 is 2.42 bits per heavy atom. The maximum absolute atomic E-state index is 13.3. The number of nitrogens with zero attached hydrogens (tertiary/aromatic N) is 3. The van der Waals surface area contributed by atoms with Crippen LogP contribution in [0.3, 0.4) is 0 Å². The summed E-state index contributed by atoms with van der Waals surface area (Å²) in [6.45, 7) is 7.80. The minimum Gasteiger partial charge on any atom is -0.393 e. The van der Waals surface area contributed by atoms with Gasteiger partial charge in [0.15, 0.2) is 0 Å². The predicted octanol–water partition coefficient (Wildman–Crippen LogP) is 4.74. The van der Waals surface area contributed by atoms with Gasteiger partial charge in [-0.05, 0) is 52.4 Å². The summed E-state index contributed by atoms with van der Waals surface area (Å²) in [5.41, 5.74) is 1.52. The van der Waals surface area contributed by atoms with Crippen LogP contribution in [0.4, 0.5) is 5.95 Å². The van der Waals surface area contributed by atoms with Crippen LogP contribution in [0, 0.1) is 0 Å². The number of carbonyl (C=O) groups is 1. The highest BCUT2D eigenvalue weighted by atomic mass is 16.5. The van der Waals surface area contributed by atoms with Gasteiger partial charge in [-0.3, -0.25) is 9.69 Å². The Labute approximate surface area is 219 Å². The third-order valence-electron chi connectivity index (χ3n) is 7.53. The zero-order valence-corrected chi connectivity index (χ0v) is 21.0. The van der Waals surface area contributed by atoms with Gasteiger partial charge in [-0.25, -0.2) is 9.97 Å². The molecule has 0 bridgehead atoms. The second-order valence-corrected chi connectivity index (χ2v) is 10.6. The summed E-state index contributed by atoms with van der Waals surface area (Å²) in [5.74, 6) is 0.871. The van der Waals surface area contributed by atoms with Gasteiger partial charge < -0.3 is 20.5 Å². The first kappa shape index (κ1) is 30.5. The first-order chi connectivity index (χ1) is 16.5. The van der Waals surface area contributed by atoms with Crippen LogP contribution in [-0.2, 0) is 4.74 Å². The monoisotopic (exact) mass is 505 g/mol. The standard InChI is InChI=1S/C26H43N5O3.2CH4/c1-18-16-31(17-19(2)34-18)14-13-27-26-28-15-23(24(30-26)20-7-3-4-8-20)25(33)29-21-9-5-6-10-22(32)12-11-21;;/h15,18-22,32H,3-14,16-17H2,1-2H3,(H,29,33)(H,27,28,30);2*1H4/t18-,19+,21-,22+;;/m1../s1. The van der Waals surface area contributed by atoms with E-state index in [0.717, 1.165) is 83.2 Å². The number of aliphatic hydroxyl groups excluding tert-OH is 1. The number of ether oxygens (including phenoxy) is 1. The lowest BCUT2D eigenvalue weighted by molar-refractivity contribution is -0.0667. The molecule has 1 aromatic rings. The lowest BCUT2D eigenvalue weighted by Gasteiger charge is -2.35. The van der Waals surface area contributed by atoms with Crippen LogP contribution >= 0.6 is 0 Å². The number of hydrogen-bond acceptors (Lipinski definition) is 7. The van der Waals surface area contributed by atoms with E-state index in [1.165, 1.54) is 12.8 Å². The van der Waals surface area contributed by atoms with Crippen LogP contribution in [0.25, 0.3) is 0 Å². The van der Waals surface area contributed by atoms with Crippen LogP contribution in [-0.4, -0.2) is 76.4 Å². The first-order valence-corrected chi connectivity index (χ1v) is 13.5. The molecule has 1 aromatic heterocycles. The van der Waals surface area contributed by atoms with Crippen molar-refractivity contribution in [1.29, 1.82) is 0 Å². The van der Waals surface area contributed by atoms with Gasteiger partial charge in [0.05, 0.1) is 29.6 Å². The molecule has 1 aliphatic heterocycles. The summed E-state index contributed by atoms with van der Waals surface area (Å²) in [6, 6.07) is 0.106. The van der Waals surface area contributed by atoms with Gasteiger partial charge in [0, 0.05) is 44.3 Å². The molecule has 0 radical (unpaired) electrons. The fourth-order valence-corrected chi connectivity index (χ4v) is 5.82. The number of nitrogens with one attached hydrogen (secondary N) is 2. The number of aliphatic hydroxyl groups is 1. The molecule has 8 heteroatoms. The smallest absolute Gasteiger partial charge is 0.254 e. The highest BCUT2D eigenvalue weighted by Crippen LogP contribution is 2.35. The van der Waals surface area contributed by atoms with Crippen molar-refractivity contribution < 1.29 is 14.6 Å². The van der Waals surface area contributed by atoms with E-state index in [4.69, 9.17) is 9.72 Å². The first-order valence-electron chi connectivity index (χ1n) is 13.5. The van der Waals surface area contributed by atoms with E-state index < -0.39 is 0 Å². The number of morpholine rings is 1. The van der Waals surface area contributed by atoms with E-state index in [-0.39, 0.29) is 45.1 Å². The summed E-state index contributed by atoms with van der Waals surface area (Å²) in [5, 5.41) is 16.7. The fraction of sp³-hybridized carbons (Fsp3) is 0.821. The molecule has 0 aromatic carbocycles. The average molecular weight is 506 g/mol. The zero-order chi connectivity index (χ0) is 23.9. The Morgan fingerprint density at radius 2 is 1.69 bits per heavy atom. The van der Waals surface area contributed by atoms with Gasteiger partial charge in [-0.1, -0.05) is 40.5 Å². The predicted molar refractivity (Wildman–Crippen MR) is 147 cm³/mol. The fourth-order valence-electron chi connectivity index (χ4n) is 5.82. The molecule has 0 unspecified atom stereocenters. The summed E-state index contributed by atoms with van der Waals surface area (Å²) >= 11 is 0. The lowest BCUT2D eigenvalue weighted by Crippen LogP contribution is -2.46. The molecule has 2 aliphatic carbocycles. The molecule has 3 fully saturated rings. The van der Waals surface area contributed by atoms with Crippen molar-refractivity contribution in [3.63, 3.8) is 0 Å². The van der Waals surface area contributed by atoms with E-state index in [9.17, 15) is 9.90 Å². The van der Waals surface area contributed by atoms with Crippen molar-refractivity contribution in [3.05, 3.63) is 17.5 Å². The third-order valence-corrected chi connectivity index (χ3v) is 7.53. The molecular formula is C28H51N5O3. The van der Waals surface area contributed by atoms with Crippen molar-refractivity contribution in [2.24, 2.45) is 0 Å². The minimum absolute atomic E-state index is 0. The molecule has 3 aliphatic rings. The summed E-state index contributed by atoms with van der Waals surface area (Å²) in [4.78, 5) is 25.1. The van der Waals surface area contributed by atoms with Crippen LogP contribution < -0.4 is 10.6 Å². The molecule has 8 nitrogen and oxygen atoms in total. The van der Waals surface area contributed by atoms with Gasteiger partial charge in [-0.15, -0.1) is 0 Å². The molecular weight excluding hydrogens is 454 g/mol. The Bertz CT molecular complexity index is 791. The maximum atomic E-state index is 13.3. The molecule has 4 atom stereocenters. The molecule has 1 saturated heterocycles. The molecule has 206 valence electrons. The lowest BCUT2D eigenvalue weighted by atomic mass is 9.94. The Morgan fingerprint density at radius 1 is 1.03 bits per heavy atom. The van der Waals surface area contributed by atoms with E-state index in [1.54, 1.807) is 6.20 Å². The van der Waals surface area contributed by atoms with E-state index in [2.05, 4.69) is 34.4 Å². The van der Waals surface area contributed by atoms with Gasteiger partial charge in [0.1, 0.15) is 0 Å². The number of carbonyl (C=O) groups excluding carboxylic acids is 1. The molecule has 2 heterocycles. The Balaban J connectivity index is 0.00000228. The van der Waals surface area contributed by atoms with E-state index >= 15 is 0 Å². The van der Waals surface area contributed by atoms with Crippen LogP contribution in [0.15, 0.2) is 6.20 Å². The van der Waals surface area contributed by atoms with Crippen LogP contribution in [0.2, 0.25) is 0 Å². The second-order valence-electron chi connectivity index (χ2n) is 10.6. The number of hydrogen-bond donors (Lipinski definition) is 3. The minimum atomic E-state index is -0.244. The van der Waals surface area contributed by atoms with Crippen LogP contribution in [0.5, 0.6) is 0 Å². The maximum Gasteiger partial charge on any atom is 0.254 e. The summed E-state index contributed by atoms with van der Waals surface area (Å²) in [7, 11) is 0. The summed E-state index contributed by atoms with van der Waals surface area (Å²) in [6.07, 6.45) is 12.0. The number of anilines is 1. The zero-order valence-electron chi connectivity index (χ0n) is 21.0. The molecule has 3 N–H and O–H groups in total. The quantitative estimate of drug-likeness (QED) is 0.492. The molecule has 0 spiro atoms. The van der Waals surface area contributed by atoms with Gasteiger partial charge in [0.25, 0.3) is 5.91 Å². The summed E-state index contributed by atoms with van der Waals surface area (Å²) < 4.78 is 5.82. The number of amides is 1. The Kier molecular flexibility index (Phi) is 12.6. The molecule has 36 heavy (non-hydrogen) atoms. The molecule has 1 amide bonds. The van der Waals surface area contributed by atoms with Crippen molar-refractivity contribution in [3.8, 4) is 0 Å². The van der Waals surface area contributed by atoms with Crippen molar-refractivity contribution in [2.75, 3.05) is 31.5 Å². The SMILES string of the molecule is C.C.C[C@@H]1CN(CCNc2ncc(C(=O)N[C@@H]3CCCC[C@H](O)CC3)c(C3CCCC3)n2)C[C@H](C)O1. The van der Waals surface area contributed by atoms with Crippen molar-refractivity contribution >= 4 is 11.9 Å². The van der Waals surface area contributed by atoms with E-state index in [1.807, 2.05) is 0 Å².